The molecule has 1 aliphatic rings. The summed E-state index contributed by atoms with van der Waals surface area (Å²) in [7, 11) is -2.54. The van der Waals surface area contributed by atoms with Gasteiger partial charge in [-0.3, -0.25) is 4.31 Å². The molecule has 1 fully saturated rings. The van der Waals surface area contributed by atoms with Crippen molar-refractivity contribution in [1.29, 1.82) is 0 Å². The summed E-state index contributed by atoms with van der Waals surface area (Å²) in [5, 5.41) is 0.0191. The fourth-order valence-corrected chi connectivity index (χ4v) is 5.83. The molecule has 1 aliphatic carbocycles. The number of benzene rings is 2. The summed E-state index contributed by atoms with van der Waals surface area (Å²) in [5.41, 5.74) is 0.319. The molecule has 0 heterocycles. The molecule has 0 spiro atoms. The zero-order valence-electron chi connectivity index (χ0n) is 20.4. The van der Waals surface area contributed by atoms with Gasteiger partial charge in [-0.2, -0.15) is 0 Å². The molecule has 2 aromatic rings. The Balaban J connectivity index is 1.68. The summed E-state index contributed by atoms with van der Waals surface area (Å²) in [6, 6.07) is 12.3. The van der Waals surface area contributed by atoms with Crippen molar-refractivity contribution >= 4 is 39.3 Å². The number of halogens is 1. The van der Waals surface area contributed by atoms with Gasteiger partial charge in [-0.15, -0.1) is 0 Å². The van der Waals surface area contributed by atoms with Gasteiger partial charge in [0.15, 0.2) is 6.61 Å². The highest BCUT2D eigenvalue weighted by Crippen LogP contribution is 2.35. The standard InChI is InChI=1S/C26H32ClNO6S/c1-17(2)21-12-10-18(3)14-24(21)34-25(29)16-33-26(30)22-15-20(11-13-23(22)27)35(31,32)28(4)19-8-6-5-7-9-19/h5-9,11,13,15,17-18,21,24H,10,12,14,16H2,1-4H3/t18-,21-,24+/m1/s1. The number of anilines is 1. The molecule has 0 radical (unpaired) electrons. The molecule has 1 saturated carbocycles. The zero-order chi connectivity index (χ0) is 25.8. The lowest BCUT2D eigenvalue weighted by atomic mass is 9.75. The van der Waals surface area contributed by atoms with E-state index >= 15 is 0 Å². The van der Waals surface area contributed by atoms with E-state index in [4.69, 9.17) is 21.1 Å². The maximum absolute atomic E-state index is 13.1. The van der Waals surface area contributed by atoms with E-state index in [9.17, 15) is 18.0 Å². The van der Waals surface area contributed by atoms with Crippen molar-refractivity contribution in [2.45, 2.75) is 51.0 Å². The minimum Gasteiger partial charge on any atom is -0.460 e. The molecule has 3 rings (SSSR count). The van der Waals surface area contributed by atoms with Crippen molar-refractivity contribution in [3.63, 3.8) is 0 Å². The van der Waals surface area contributed by atoms with Crippen LogP contribution in [-0.4, -0.2) is 40.1 Å². The van der Waals surface area contributed by atoms with Crippen LogP contribution in [-0.2, 0) is 24.3 Å². The minimum atomic E-state index is -3.96. The van der Waals surface area contributed by atoms with Crippen molar-refractivity contribution in [2.24, 2.45) is 17.8 Å². The van der Waals surface area contributed by atoms with Crippen LogP contribution in [0.1, 0.15) is 50.4 Å². The second kappa shape index (κ2) is 11.4. The second-order valence-corrected chi connectivity index (χ2v) is 11.8. The molecule has 9 heteroatoms. The van der Waals surface area contributed by atoms with Gasteiger partial charge in [0.2, 0.25) is 0 Å². The lowest BCUT2D eigenvalue weighted by Gasteiger charge is -2.36. The third kappa shape index (κ3) is 6.55. The third-order valence-corrected chi connectivity index (χ3v) is 8.61. The van der Waals surface area contributed by atoms with Crippen LogP contribution in [0.3, 0.4) is 0 Å². The molecule has 2 aromatic carbocycles. The number of rotatable bonds is 8. The van der Waals surface area contributed by atoms with E-state index in [1.807, 2.05) is 0 Å². The van der Waals surface area contributed by atoms with E-state index in [0.717, 1.165) is 29.6 Å². The number of hydrogen-bond acceptors (Lipinski definition) is 6. The first-order valence-corrected chi connectivity index (χ1v) is 13.5. The monoisotopic (exact) mass is 521 g/mol. The number of hydrogen-bond donors (Lipinski definition) is 0. The highest BCUT2D eigenvalue weighted by Gasteiger charge is 2.33. The average Bonchev–Trinajstić information content (AvgIpc) is 2.82. The van der Waals surface area contributed by atoms with Gasteiger partial charge in [0.05, 0.1) is 21.2 Å². The van der Waals surface area contributed by atoms with Gasteiger partial charge in [0.25, 0.3) is 10.0 Å². The molecule has 0 saturated heterocycles. The highest BCUT2D eigenvalue weighted by molar-refractivity contribution is 7.92. The van der Waals surface area contributed by atoms with Crippen molar-refractivity contribution in [3.05, 3.63) is 59.1 Å². The Bertz CT molecular complexity index is 1150. The van der Waals surface area contributed by atoms with E-state index in [-0.39, 0.29) is 27.5 Å². The van der Waals surface area contributed by atoms with Gasteiger partial charge < -0.3 is 9.47 Å². The predicted octanol–water partition coefficient (Wildman–Crippen LogP) is 5.33. The smallest absolute Gasteiger partial charge is 0.344 e. The molecule has 0 aliphatic heterocycles. The fraction of sp³-hybridized carbons (Fsp3) is 0.462. The van der Waals surface area contributed by atoms with Crippen LogP contribution in [0.2, 0.25) is 5.02 Å². The fourth-order valence-electron chi connectivity index (χ4n) is 4.41. The van der Waals surface area contributed by atoms with E-state index < -0.39 is 28.6 Å². The van der Waals surface area contributed by atoms with E-state index in [0.29, 0.717) is 17.5 Å². The first-order valence-electron chi connectivity index (χ1n) is 11.7. The SMILES string of the molecule is CC(C)[C@H]1CC[C@@H](C)C[C@@H]1OC(=O)COC(=O)c1cc(S(=O)(=O)N(C)c2ccccc2)ccc1Cl. The van der Waals surface area contributed by atoms with Crippen LogP contribution in [0.4, 0.5) is 5.69 Å². The van der Waals surface area contributed by atoms with Crippen molar-refractivity contribution < 1.29 is 27.5 Å². The van der Waals surface area contributed by atoms with Crippen LogP contribution in [0, 0.1) is 17.8 Å². The van der Waals surface area contributed by atoms with Crippen molar-refractivity contribution in [3.8, 4) is 0 Å². The number of sulfonamides is 1. The number of carbonyl (C=O) groups is 2. The molecule has 3 atom stereocenters. The van der Waals surface area contributed by atoms with Gasteiger partial charge in [0, 0.05) is 7.05 Å². The molecule has 35 heavy (non-hydrogen) atoms. The van der Waals surface area contributed by atoms with Crippen LogP contribution in [0.15, 0.2) is 53.4 Å². The van der Waals surface area contributed by atoms with Crippen molar-refractivity contribution in [2.75, 3.05) is 18.0 Å². The molecule has 0 unspecified atom stereocenters. The predicted molar refractivity (Wildman–Crippen MR) is 135 cm³/mol. The number of esters is 2. The lowest BCUT2D eigenvalue weighted by Crippen LogP contribution is -2.36. The summed E-state index contributed by atoms with van der Waals surface area (Å²) < 4.78 is 38.1. The van der Waals surface area contributed by atoms with Crippen LogP contribution >= 0.6 is 11.6 Å². The Morgan fingerprint density at radius 2 is 1.80 bits per heavy atom. The minimum absolute atomic E-state index is 0.0191. The quantitative estimate of drug-likeness (QED) is 0.436. The van der Waals surface area contributed by atoms with Gasteiger partial charge in [-0.05, 0) is 60.9 Å². The second-order valence-electron chi connectivity index (χ2n) is 9.38. The van der Waals surface area contributed by atoms with E-state index in [1.165, 1.54) is 19.2 Å². The van der Waals surface area contributed by atoms with Crippen molar-refractivity contribution in [1.82, 2.24) is 0 Å². The molecule has 0 amide bonds. The van der Waals surface area contributed by atoms with E-state index in [2.05, 4.69) is 20.8 Å². The Kier molecular flexibility index (Phi) is 8.83. The molecule has 0 aromatic heterocycles. The Labute approximate surface area is 212 Å². The molecule has 0 N–H and O–H groups in total. The van der Waals surface area contributed by atoms with Gasteiger partial charge in [-0.1, -0.05) is 57.0 Å². The summed E-state index contributed by atoms with van der Waals surface area (Å²) >= 11 is 6.15. The van der Waals surface area contributed by atoms with E-state index in [1.54, 1.807) is 30.3 Å². The Morgan fingerprint density at radius 1 is 1.11 bits per heavy atom. The van der Waals surface area contributed by atoms with Crippen LogP contribution in [0.5, 0.6) is 0 Å². The molecule has 0 bridgehead atoms. The highest BCUT2D eigenvalue weighted by atomic mass is 35.5. The summed E-state index contributed by atoms with van der Waals surface area (Å²) in [4.78, 5) is 25.0. The number of ether oxygens (including phenoxy) is 2. The average molecular weight is 522 g/mol. The topological polar surface area (TPSA) is 90.0 Å². The van der Waals surface area contributed by atoms with Gasteiger partial charge in [0.1, 0.15) is 6.10 Å². The third-order valence-electron chi connectivity index (χ3n) is 6.50. The molecular weight excluding hydrogens is 490 g/mol. The van der Waals surface area contributed by atoms with Gasteiger partial charge >= 0.3 is 11.9 Å². The molecule has 7 nitrogen and oxygen atoms in total. The zero-order valence-corrected chi connectivity index (χ0v) is 22.0. The summed E-state index contributed by atoms with van der Waals surface area (Å²) in [6.45, 7) is 5.78. The number of carbonyl (C=O) groups excluding carboxylic acids is 2. The molecule has 190 valence electrons. The summed E-state index contributed by atoms with van der Waals surface area (Å²) in [5.74, 6) is -0.428. The van der Waals surface area contributed by atoms with Gasteiger partial charge in [-0.25, -0.2) is 18.0 Å². The Hall–Kier alpha value is -2.58. The number of nitrogens with zero attached hydrogens (tertiary/aromatic N) is 1. The number of para-hydroxylation sites is 1. The van der Waals surface area contributed by atoms with Crippen LogP contribution < -0.4 is 4.31 Å². The summed E-state index contributed by atoms with van der Waals surface area (Å²) in [6.07, 6.45) is 2.66. The Morgan fingerprint density at radius 3 is 2.46 bits per heavy atom. The first kappa shape index (κ1) is 27.0. The maximum Gasteiger partial charge on any atom is 0.344 e. The maximum atomic E-state index is 13.1. The first-order chi connectivity index (χ1) is 16.5. The van der Waals surface area contributed by atoms with Crippen LogP contribution in [0.25, 0.3) is 0 Å². The lowest BCUT2D eigenvalue weighted by molar-refractivity contribution is -0.159. The molecular formula is C26H32ClNO6S. The largest absolute Gasteiger partial charge is 0.460 e. The normalized spacial score (nSPS) is 20.3.